The summed E-state index contributed by atoms with van der Waals surface area (Å²) in [5.41, 5.74) is 0.994. The molecule has 17 heavy (non-hydrogen) atoms. The molecule has 0 saturated carbocycles. The topological polar surface area (TPSA) is 32.7 Å². The van der Waals surface area contributed by atoms with E-state index in [0.717, 1.165) is 18.0 Å². The molecule has 0 aromatic heterocycles. The Labute approximate surface area is 104 Å². The van der Waals surface area contributed by atoms with Crippen LogP contribution in [0.25, 0.3) is 0 Å². The third-order valence-corrected chi connectivity index (χ3v) is 3.29. The summed E-state index contributed by atoms with van der Waals surface area (Å²) in [6.07, 6.45) is -0.330. The Balaban J connectivity index is 2.72. The summed E-state index contributed by atoms with van der Waals surface area (Å²) in [4.78, 5) is 2.14. The molecule has 96 valence electrons. The Kier molecular flexibility index (Phi) is 4.40. The second-order valence-corrected chi connectivity index (χ2v) is 5.22. The minimum absolute atomic E-state index is 0.130. The number of hydrogen-bond donors (Lipinski definition) is 1. The van der Waals surface area contributed by atoms with Crippen molar-refractivity contribution in [3.63, 3.8) is 0 Å². The summed E-state index contributed by atoms with van der Waals surface area (Å²) in [6.45, 7) is 6.77. The first-order chi connectivity index (χ1) is 7.86. The third kappa shape index (κ3) is 3.63. The van der Waals surface area contributed by atoms with Crippen LogP contribution in [0.3, 0.4) is 0 Å². The number of nitrogens with zero attached hydrogens (tertiary/aromatic N) is 1. The highest BCUT2D eigenvalue weighted by atomic mass is 16.5. The molecular weight excluding hydrogens is 214 g/mol. The van der Waals surface area contributed by atoms with E-state index in [1.54, 1.807) is 7.11 Å². The highest BCUT2D eigenvalue weighted by Crippen LogP contribution is 2.25. The summed E-state index contributed by atoms with van der Waals surface area (Å²) in [7, 11) is 3.70. The van der Waals surface area contributed by atoms with Crippen LogP contribution in [-0.4, -0.2) is 31.9 Å². The van der Waals surface area contributed by atoms with Gasteiger partial charge in [0.15, 0.2) is 0 Å². The number of aliphatic hydroxyl groups is 1. The van der Waals surface area contributed by atoms with E-state index < -0.39 is 0 Å². The van der Waals surface area contributed by atoms with Gasteiger partial charge in [0.05, 0.1) is 13.2 Å². The van der Waals surface area contributed by atoms with E-state index in [-0.39, 0.29) is 11.5 Å². The SMILES string of the molecule is COc1ccc(N(C)CC(C)(C)C(C)O)cc1. The van der Waals surface area contributed by atoms with Crippen LogP contribution in [0.5, 0.6) is 5.75 Å². The van der Waals surface area contributed by atoms with E-state index in [1.807, 2.05) is 38.2 Å². The zero-order valence-corrected chi connectivity index (χ0v) is 11.4. The van der Waals surface area contributed by atoms with E-state index >= 15 is 0 Å². The second-order valence-electron chi connectivity index (χ2n) is 5.22. The van der Waals surface area contributed by atoms with Gasteiger partial charge >= 0.3 is 0 Å². The normalized spacial score (nSPS) is 13.3. The van der Waals surface area contributed by atoms with Crippen molar-refractivity contribution in [2.75, 3.05) is 25.6 Å². The van der Waals surface area contributed by atoms with Gasteiger partial charge in [0.25, 0.3) is 0 Å². The molecule has 0 bridgehead atoms. The average Bonchev–Trinajstić information content (AvgIpc) is 2.28. The van der Waals surface area contributed by atoms with Crippen LogP contribution in [-0.2, 0) is 0 Å². The molecule has 3 heteroatoms. The summed E-state index contributed by atoms with van der Waals surface area (Å²) in [5.74, 6) is 0.858. The van der Waals surface area contributed by atoms with Crippen molar-refractivity contribution in [1.29, 1.82) is 0 Å². The number of benzene rings is 1. The van der Waals surface area contributed by atoms with Crippen LogP contribution in [0, 0.1) is 5.41 Å². The Bertz CT molecular complexity index is 344. The zero-order valence-electron chi connectivity index (χ0n) is 11.4. The molecule has 1 aromatic carbocycles. The van der Waals surface area contributed by atoms with E-state index in [1.165, 1.54) is 0 Å². The number of anilines is 1. The van der Waals surface area contributed by atoms with Gasteiger partial charge in [-0.25, -0.2) is 0 Å². The number of hydrogen-bond acceptors (Lipinski definition) is 3. The van der Waals surface area contributed by atoms with Gasteiger partial charge < -0.3 is 14.7 Å². The van der Waals surface area contributed by atoms with Gasteiger partial charge in [0.2, 0.25) is 0 Å². The second kappa shape index (κ2) is 5.41. The Morgan fingerprint density at radius 1 is 1.29 bits per heavy atom. The molecule has 0 aliphatic rings. The lowest BCUT2D eigenvalue weighted by atomic mass is 9.87. The Morgan fingerprint density at radius 3 is 2.24 bits per heavy atom. The van der Waals surface area contributed by atoms with E-state index in [9.17, 15) is 5.11 Å². The smallest absolute Gasteiger partial charge is 0.119 e. The van der Waals surface area contributed by atoms with Crippen molar-refractivity contribution >= 4 is 5.69 Å². The van der Waals surface area contributed by atoms with E-state index in [2.05, 4.69) is 18.7 Å². The fraction of sp³-hybridized carbons (Fsp3) is 0.571. The van der Waals surface area contributed by atoms with Gasteiger partial charge in [-0.05, 0) is 31.2 Å². The fourth-order valence-corrected chi connectivity index (χ4v) is 1.67. The van der Waals surface area contributed by atoms with Crippen LogP contribution >= 0.6 is 0 Å². The van der Waals surface area contributed by atoms with Gasteiger partial charge in [-0.2, -0.15) is 0 Å². The summed E-state index contributed by atoms with van der Waals surface area (Å²) >= 11 is 0. The van der Waals surface area contributed by atoms with E-state index in [0.29, 0.717) is 0 Å². The summed E-state index contributed by atoms with van der Waals surface area (Å²) in [6, 6.07) is 7.94. The first-order valence-corrected chi connectivity index (χ1v) is 5.90. The highest BCUT2D eigenvalue weighted by molar-refractivity contribution is 5.48. The molecule has 0 amide bonds. The molecule has 0 aliphatic carbocycles. The molecule has 1 atom stereocenters. The fourth-order valence-electron chi connectivity index (χ4n) is 1.67. The Morgan fingerprint density at radius 2 is 1.82 bits per heavy atom. The van der Waals surface area contributed by atoms with Crippen molar-refractivity contribution in [3.05, 3.63) is 24.3 Å². The van der Waals surface area contributed by atoms with Crippen molar-refractivity contribution in [3.8, 4) is 5.75 Å². The predicted molar refractivity (Wildman–Crippen MR) is 71.7 cm³/mol. The molecule has 3 nitrogen and oxygen atoms in total. The summed E-state index contributed by atoms with van der Waals surface area (Å²) in [5, 5.41) is 9.71. The predicted octanol–water partition coefficient (Wildman–Crippen LogP) is 2.54. The minimum Gasteiger partial charge on any atom is -0.497 e. The number of aliphatic hydroxyl groups excluding tert-OH is 1. The van der Waals surface area contributed by atoms with Gasteiger partial charge in [-0.15, -0.1) is 0 Å². The van der Waals surface area contributed by atoms with Crippen molar-refractivity contribution in [2.45, 2.75) is 26.9 Å². The van der Waals surface area contributed by atoms with Gasteiger partial charge in [0, 0.05) is 24.7 Å². The maximum atomic E-state index is 9.71. The highest BCUT2D eigenvalue weighted by Gasteiger charge is 2.25. The average molecular weight is 237 g/mol. The molecule has 0 aliphatic heterocycles. The standard InChI is InChI=1S/C14H23NO2/c1-11(16)14(2,3)10-15(4)12-6-8-13(17-5)9-7-12/h6-9,11,16H,10H2,1-5H3. The maximum absolute atomic E-state index is 9.71. The largest absolute Gasteiger partial charge is 0.497 e. The number of ether oxygens (including phenoxy) is 1. The quantitative estimate of drug-likeness (QED) is 0.854. The number of methoxy groups -OCH3 is 1. The molecule has 1 rings (SSSR count). The zero-order chi connectivity index (χ0) is 13.1. The van der Waals surface area contributed by atoms with Crippen LogP contribution in [0.2, 0.25) is 0 Å². The lowest BCUT2D eigenvalue weighted by molar-refractivity contribution is 0.0718. The van der Waals surface area contributed by atoms with E-state index in [4.69, 9.17) is 4.74 Å². The van der Waals surface area contributed by atoms with Crippen molar-refractivity contribution in [2.24, 2.45) is 5.41 Å². The summed E-state index contributed by atoms with van der Waals surface area (Å²) < 4.78 is 5.13. The molecular formula is C14H23NO2. The lowest BCUT2D eigenvalue weighted by Crippen LogP contribution is -2.38. The lowest BCUT2D eigenvalue weighted by Gasteiger charge is -2.34. The van der Waals surface area contributed by atoms with Crippen LogP contribution < -0.4 is 9.64 Å². The minimum atomic E-state index is -0.330. The molecule has 1 aromatic rings. The Hall–Kier alpha value is -1.22. The maximum Gasteiger partial charge on any atom is 0.119 e. The first kappa shape index (κ1) is 13.8. The molecule has 0 spiro atoms. The third-order valence-electron chi connectivity index (χ3n) is 3.29. The van der Waals surface area contributed by atoms with Gasteiger partial charge in [0.1, 0.15) is 5.75 Å². The van der Waals surface area contributed by atoms with Crippen LogP contribution in [0.4, 0.5) is 5.69 Å². The van der Waals surface area contributed by atoms with Crippen molar-refractivity contribution < 1.29 is 9.84 Å². The first-order valence-electron chi connectivity index (χ1n) is 5.90. The monoisotopic (exact) mass is 237 g/mol. The molecule has 0 fully saturated rings. The van der Waals surface area contributed by atoms with Crippen LogP contribution in [0.15, 0.2) is 24.3 Å². The molecule has 1 N–H and O–H groups in total. The molecule has 0 saturated heterocycles. The molecule has 0 radical (unpaired) electrons. The van der Waals surface area contributed by atoms with Gasteiger partial charge in [-0.1, -0.05) is 13.8 Å². The van der Waals surface area contributed by atoms with Crippen LogP contribution in [0.1, 0.15) is 20.8 Å². The molecule has 0 heterocycles. The molecule has 1 unspecified atom stereocenters. The van der Waals surface area contributed by atoms with Gasteiger partial charge in [-0.3, -0.25) is 0 Å². The number of rotatable bonds is 5. The van der Waals surface area contributed by atoms with Crippen molar-refractivity contribution in [1.82, 2.24) is 0 Å².